The number of nitrogens with two attached hydrogens (primary N) is 1. The quantitative estimate of drug-likeness (QED) is 0.346. The van der Waals surface area contributed by atoms with Crippen molar-refractivity contribution in [3.8, 4) is 0 Å². The minimum Gasteiger partial charge on any atom is -0.347 e. The molecular weight excluding hydrogens is 464 g/mol. The van der Waals surface area contributed by atoms with Gasteiger partial charge >= 0.3 is 0 Å². The lowest BCUT2D eigenvalue weighted by molar-refractivity contribution is 0.785. The van der Waals surface area contributed by atoms with Crippen molar-refractivity contribution in [1.29, 1.82) is 0 Å². The molecule has 2 aliphatic rings. The Hall–Kier alpha value is -2.69. The molecule has 4 heteroatoms. The van der Waals surface area contributed by atoms with Crippen molar-refractivity contribution in [2.75, 3.05) is 27.7 Å². The van der Waals surface area contributed by atoms with E-state index >= 15 is 0 Å². The standard InChI is InChI=1S/C24H28N2.C2H7N.2C2H6.C2H4.CH5N.CH4/c1-16-12-21(13-17(2)18(16)3)22-10-9-19-7-8-20(14-23(19)22)24-6-4-5-11-25-15-26-24;1-3-2;4*1-2;/h6-8,12-15,22H,4-5,9-11H2,1-3H3,(H,25,26);3H,1-2H3;2*1-2H3;1-2H2;2H2,1H3;1H4/b24-6-;;;;;;. The van der Waals surface area contributed by atoms with Crippen molar-refractivity contribution in [3.63, 3.8) is 0 Å². The number of aryl methyl sites for hydroxylation is 3. The van der Waals surface area contributed by atoms with Crippen molar-refractivity contribution in [2.24, 2.45) is 10.7 Å². The molecule has 1 unspecified atom stereocenters. The zero-order chi connectivity index (χ0) is 28.8. The molecule has 2 aromatic rings. The van der Waals surface area contributed by atoms with Gasteiger partial charge in [-0.1, -0.05) is 65.5 Å². The average molecular weight is 525 g/mol. The Morgan fingerprint density at radius 2 is 1.50 bits per heavy atom. The Morgan fingerprint density at radius 1 is 0.947 bits per heavy atom. The van der Waals surface area contributed by atoms with Crippen molar-refractivity contribution >= 4 is 12.0 Å². The molecule has 0 saturated heterocycles. The number of rotatable bonds is 2. The van der Waals surface area contributed by atoms with E-state index in [2.05, 4.69) is 91.7 Å². The number of allylic oxidation sites excluding steroid dienone is 1. The van der Waals surface area contributed by atoms with Gasteiger partial charge in [0.2, 0.25) is 0 Å². The molecule has 4 nitrogen and oxygen atoms in total. The van der Waals surface area contributed by atoms with E-state index in [1.165, 1.54) is 64.5 Å². The van der Waals surface area contributed by atoms with Gasteiger partial charge in [-0.05, 0) is 113 Å². The van der Waals surface area contributed by atoms with Crippen LogP contribution in [0.1, 0.15) is 99.2 Å². The molecule has 4 rings (SSSR count). The third kappa shape index (κ3) is 12.2. The van der Waals surface area contributed by atoms with E-state index in [-0.39, 0.29) is 7.43 Å². The lowest BCUT2D eigenvalue weighted by Gasteiger charge is -2.18. The maximum absolute atomic E-state index is 4.50. The second kappa shape index (κ2) is 24.6. The first-order valence-electron chi connectivity index (χ1n) is 13.9. The van der Waals surface area contributed by atoms with Crippen molar-refractivity contribution in [1.82, 2.24) is 10.6 Å². The van der Waals surface area contributed by atoms with Crippen LogP contribution in [0.2, 0.25) is 0 Å². The number of nitrogens with zero attached hydrogens (tertiary/aromatic N) is 1. The Kier molecular flexibility index (Phi) is 25.8. The fraction of sp³-hybridized carbons (Fsp3) is 0.500. The van der Waals surface area contributed by atoms with Crippen LogP contribution in [0.15, 0.2) is 54.6 Å². The van der Waals surface area contributed by atoms with Crippen molar-refractivity contribution in [2.45, 2.75) is 87.5 Å². The summed E-state index contributed by atoms with van der Waals surface area (Å²) in [4.78, 5) is 4.39. The van der Waals surface area contributed by atoms with E-state index in [1.807, 2.05) is 48.1 Å². The topological polar surface area (TPSA) is 62.4 Å². The van der Waals surface area contributed by atoms with Gasteiger partial charge in [0.15, 0.2) is 0 Å². The zero-order valence-electron chi connectivity index (χ0n) is 25.6. The van der Waals surface area contributed by atoms with Crippen LogP contribution in [0.3, 0.4) is 0 Å². The highest BCUT2D eigenvalue weighted by Crippen LogP contribution is 2.40. The molecule has 1 heterocycles. The summed E-state index contributed by atoms with van der Waals surface area (Å²) in [5.74, 6) is 0.519. The smallest absolute Gasteiger partial charge is 0.0867 e. The molecule has 2 aromatic carbocycles. The number of aliphatic imine (C=N–C) groups is 1. The molecular formula is C34H60N4. The van der Waals surface area contributed by atoms with Gasteiger partial charge in [0.25, 0.3) is 0 Å². The Morgan fingerprint density at radius 3 is 2.05 bits per heavy atom. The second-order valence-electron chi connectivity index (χ2n) is 8.22. The highest BCUT2D eigenvalue weighted by Gasteiger charge is 2.25. The molecule has 0 radical (unpaired) electrons. The molecule has 1 aliphatic heterocycles. The molecule has 38 heavy (non-hydrogen) atoms. The summed E-state index contributed by atoms with van der Waals surface area (Å²) in [6.45, 7) is 21.6. The summed E-state index contributed by atoms with van der Waals surface area (Å²) in [5.41, 5.74) is 15.7. The molecule has 1 aliphatic carbocycles. The summed E-state index contributed by atoms with van der Waals surface area (Å²) in [5, 5.41) is 6.13. The SMILES string of the molecule is C.C=C.CC.CC.CN.CNC.Cc1cc(C2CCc3ccc(/C4=C/CCCN=CN4)cc32)cc(C)c1C. The number of nitrogens with one attached hydrogen (secondary N) is 2. The lowest BCUT2D eigenvalue weighted by atomic mass is 9.88. The van der Waals surface area contributed by atoms with Crippen LogP contribution in [0.5, 0.6) is 0 Å². The fourth-order valence-electron chi connectivity index (χ4n) is 4.26. The van der Waals surface area contributed by atoms with Gasteiger partial charge in [0.05, 0.1) is 6.34 Å². The Bertz CT molecular complexity index is 905. The number of fused-ring (bicyclic) bond motifs is 1. The van der Waals surface area contributed by atoms with E-state index < -0.39 is 0 Å². The van der Waals surface area contributed by atoms with Gasteiger partial charge in [-0.25, -0.2) is 0 Å². The first-order valence-corrected chi connectivity index (χ1v) is 13.9. The van der Waals surface area contributed by atoms with Crippen LogP contribution >= 0.6 is 0 Å². The fourth-order valence-corrected chi connectivity index (χ4v) is 4.26. The molecule has 1 atom stereocenters. The first kappa shape index (κ1) is 39.8. The van der Waals surface area contributed by atoms with Crippen LogP contribution in [0.25, 0.3) is 5.70 Å². The van der Waals surface area contributed by atoms with E-state index in [0.717, 1.165) is 19.4 Å². The highest BCUT2D eigenvalue weighted by atomic mass is 14.9. The predicted octanol–water partition coefficient (Wildman–Crippen LogP) is 8.34. The van der Waals surface area contributed by atoms with E-state index in [4.69, 9.17) is 0 Å². The van der Waals surface area contributed by atoms with E-state index in [1.54, 1.807) is 0 Å². The van der Waals surface area contributed by atoms with Crippen molar-refractivity contribution in [3.05, 3.63) is 88.5 Å². The summed E-state index contributed by atoms with van der Waals surface area (Å²) < 4.78 is 0. The lowest BCUT2D eigenvalue weighted by Crippen LogP contribution is -2.12. The molecule has 4 N–H and O–H groups in total. The van der Waals surface area contributed by atoms with Gasteiger partial charge in [-0.3, -0.25) is 4.99 Å². The van der Waals surface area contributed by atoms with E-state index in [0.29, 0.717) is 5.92 Å². The average Bonchev–Trinajstić information content (AvgIpc) is 3.35. The van der Waals surface area contributed by atoms with Gasteiger partial charge in [-0.2, -0.15) is 0 Å². The third-order valence-electron chi connectivity index (χ3n) is 6.04. The molecule has 0 fully saturated rings. The monoisotopic (exact) mass is 524 g/mol. The third-order valence-corrected chi connectivity index (χ3v) is 6.04. The molecule has 0 bridgehead atoms. The second-order valence-corrected chi connectivity index (χ2v) is 8.22. The minimum atomic E-state index is 0. The van der Waals surface area contributed by atoms with Crippen LogP contribution in [0.4, 0.5) is 0 Å². The van der Waals surface area contributed by atoms with Gasteiger partial charge in [0, 0.05) is 18.2 Å². The largest absolute Gasteiger partial charge is 0.347 e. The minimum absolute atomic E-state index is 0. The van der Waals surface area contributed by atoms with Crippen LogP contribution in [0, 0.1) is 20.8 Å². The van der Waals surface area contributed by atoms with Crippen LogP contribution in [-0.2, 0) is 6.42 Å². The van der Waals surface area contributed by atoms with Crippen molar-refractivity contribution < 1.29 is 0 Å². The van der Waals surface area contributed by atoms with Gasteiger partial charge < -0.3 is 16.4 Å². The predicted molar refractivity (Wildman–Crippen MR) is 177 cm³/mol. The van der Waals surface area contributed by atoms with Crippen LogP contribution in [-0.4, -0.2) is 34.0 Å². The molecule has 0 spiro atoms. The van der Waals surface area contributed by atoms with Crippen LogP contribution < -0.4 is 16.4 Å². The molecule has 0 amide bonds. The maximum Gasteiger partial charge on any atom is 0.0867 e. The Labute approximate surface area is 236 Å². The normalized spacial score (nSPS) is 15.7. The molecule has 216 valence electrons. The molecule has 0 saturated carbocycles. The zero-order valence-corrected chi connectivity index (χ0v) is 25.6. The summed E-state index contributed by atoms with van der Waals surface area (Å²) in [7, 11) is 5.25. The number of hydrogen-bond donors (Lipinski definition) is 3. The van der Waals surface area contributed by atoms with Gasteiger partial charge in [0.1, 0.15) is 0 Å². The highest BCUT2D eigenvalue weighted by molar-refractivity contribution is 5.77. The molecule has 0 aromatic heterocycles. The first-order chi connectivity index (χ1) is 18.0. The number of hydrogen-bond acceptors (Lipinski definition) is 4. The summed E-state index contributed by atoms with van der Waals surface area (Å²) in [6, 6.07) is 11.8. The summed E-state index contributed by atoms with van der Waals surface area (Å²) in [6.07, 6.45) is 8.77. The Balaban J connectivity index is -0.000000905. The van der Waals surface area contributed by atoms with Gasteiger partial charge in [-0.15, -0.1) is 13.2 Å². The van der Waals surface area contributed by atoms with E-state index in [9.17, 15) is 0 Å². The maximum atomic E-state index is 4.50. The summed E-state index contributed by atoms with van der Waals surface area (Å²) >= 11 is 0. The number of benzene rings is 2.